The first-order valence-electron chi connectivity index (χ1n) is 9.03. The number of carboxylic acid groups (broad SMARTS) is 1. The highest BCUT2D eigenvalue weighted by molar-refractivity contribution is 6.30. The Labute approximate surface area is 169 Å². The van der Waals surface area contributed by atoms with Crippen molar-refractivity contribution in [3.63, 3.8) is 0 Å². The van der Waals surface area contributed by atoms with Gasteiger partial charge in [-0.1, -0.05) is 48.0 Å². The number of aliphatic hydroxyl groups excluding tert-OH is 1. The maximum atomic E-state index is 12.2. The Bertz CT molecular complexity index is 1000. The number of aliphatic carboxylic acids is 1. The summed E-state index contributed by atoms with van der Waals surface area (Å²) in [7, 11) is 0. The Balaban J connectivity index is 2.40. The van der Waals surface area contributed by atoms with Gasteiger partial charge in [0.05, 0.1) is 12.2 Å². The second-order valence-electron chi connectivity index (χ2n) is 7.66. The normalized spacial score (nSPS) is 12.9. The molecule has 5 heteroatoms. The van der Waals surface area contributed by atoms with Crippen molar-refractivity contribution in [3.05, 3.63) is 70.7 Å². The molecular weight excluding hydrogens is 376 g/mol. The van der Waals surface area contributed by atoms with Gasteiger partial charge >= 0.3 is 5.97 Å². The van der Waals surface area contributed by atoms with Gasteiger partial charge < -0.3 is 14.9 Å². The summed E-state index contributed by atoms with van der Waals surface area (Å²) in [5.41, 5.74) is 1.86. The molecule has 0 amide bonds. The van der Waals surface area contributed by atoms with Crippen LogP contribution in [0.2, 0.25) is 5.02 Å². The van der Waals surface area contributed by atoms with E-state index in [0.29, 0.717) is 16.1 Å². The molecule has 0 aromatic heterocycles. The van der Waals surface area contributed by atoms with Crippen LogP contribution in [0.15, 0.2) is 54.6 Å². The van der Waals surface area contributed by atoms with Gasteiger partial charge in [-0.3, -0.25) is 0 Å². The van der Waals surface area contributed by atoms with Crippen molar-refractivity contribution in [2.75, 3.05) is 0 Å². The number of hydrogen-bond acceptors (Lipinski definition) is 3. The van der Waals surface area contributed by atoms with Crippen LogP contribution in [0.3, 0.4) is 0 Å². The molecule has 0 radical (unpaired) electrons. The average Bonchev–Trinajstić information content (AvgIpc) is 2.64. The Morgan fingerprint density at radius 2 is 1.75 bits per heavy atom. The monoisotopic (exact) mass is 398 g/mol. The summed E-state index contributed by atoms with van der Waals surface area (Å²) in [6, 6.07) is 16.8. The molecule has 0 fully saturated rings. The zero-order valence-electron chi connectivity index (χ0n) is 16.1. The standard InChI is InChI=1S/C23H23ClO4/c1-23(2,3)28-21(22(26)27)20-16(13-25)12-15-6-4-5-7-18(15)19(20)14-8-10-17(24)11-9-14/h4-12,21,25H,13H2,1-3H3,(H,26,27). The van der Waals surface area contributed by atoms with Crippen molar-refractivity contribution in [2.45, 2.75) is 39.1 Å². The van der Waals surface area contributed by atoms with Crippen LogP contribution in [0, 0.1) is 0 Å². The van der Waals surface area contributed by atoms with Crippen LogP contribution in [0.4, 0.5) is 0 Å². The molecule has 3 rings (SSSR count). The number of carboxylic acids is 1. The van der Waals surface area contributed by atoms with E-state index in [1.807, 2.05) is 63.2 Å². The predicted molar refractivity (Wildman–Crippen MR) is 112 cm³/mol. The third-order valence-electron chi connectivity index (χ3n) is 4.44. The van der Waals surface area contributed by atoms with Gasteiger partial charge in [0, 0.05) is 10.6 Å². The molecule has 0 aliphatic rings. The Morgan fingerprint density at radius 3 is 2.32 bits per heavy atom. The summed E-state index contributed by atoms with van der Waals surface area (Å²) in [6.45, 7) is 5.14. The van der Waals surface area contributed by atoms with Gasteiger partial charge in [-0.05, 0) is 66.4 Å². The number of ether oxygens (including phenoxy) is 1. The van der Waals surface area contributed by atoms with E-state index in [1.165, 1.54) is 0 Å². The van der Waals surface area contributed by atoms with Gasteiger partial charge in [0.25, 0.3) is 0 Å². The molecule has 0 bridgehead atoms. The first-order valence-corrected chi connectivity index (χ1v) is 9.41. The number of benzene rings is 3. The van der Waals surface area contributed by atoms with Gasteiger partial charge in [0.2, 0.25) is 0 Å². The first-order chi connectivity index (χ1) is 13.2. The average molecular weight is 399 g/mol. The number of carbonyl (C=O) groups is 1. The lowest BCUT2D eigenvalue weighted by Crippen LogP contribution is -2.28. The van der Waals surface area contributed by atoms with Gasteiger partial charge in [-0.2, -0.15) is 0 Å². The van der Waals surface area contributed by atoms with Crippen molar-refractivity contribution in [3.8, 4) is 11.1 Å². The van der Waals surface area contributed by atoms with E-state index in [-0.39, 0.29) is 6.61 Å². The van der Waals surface area contributed by atoms with Crippen LogP contribution in [0.25, 0.3) is 21.9 Å². The summed E-state index contributed by atoms with van der Waals surface area (Å²) in [5, 5.41) is 22.4. The fourth-order valence-corrected chi connectivity index (χ4v) is 3.49. The predicted octanol–water partition coefficient (Wildman–Crippen LogP) is 5.59. The molecule has 0 heterocycles. The molecule has 0 saturated carbocycles. The molecule has 2 N–H and O–H groups in total. The lowest BCUT2D eigenvalue weighted by molar-refractivity contribution is -0.160. The highest BCUT2D eigenvalue weighted by Crippen LogP contribution is 2.41. The zero-order chi connectivity index (χ0) is 20.5. The van der Waals surface area contributed by atoms with Crippen molar-refractivity contribution < 1.29 is 19.7 Å². The van der Waals surface area contributed by atoms with Crippen molar-refractivity contribution in [1.29, 1.82) is 0 Å². The van der Waals surface area contributed by atoms with Crippen LogP contribution in [-0.4, -0.2) is 21.8 Å². The summed E-state index contributed by atoms with van der Waals surface area (Å²) in [5.74, 6) is -1.10. The molecule has 3 aromatic rings. The Morgan fingerprint density at radius 1 is 1.11 bits per heavy atom. The van der Waals surface area contributed by atoms with Gasteiger partial charge in [0.15, 0.2) is 6.10 Å². The number of hydrogen-bond donors (Lipinski definition) is 2. The second-order valence-corrected chi connectivity index (χ2v) is 8.10. The second kappa shape index (κ2) is 7.92. The van der Waals surface area contributed by atoms with Crippen LogP contribution in [-0.2, 0) is 16.1 Å². The minimum Gasteiger partial charge on any atom is -0.479 e. The van der Waals surface area contributed by atoms with Gasteiger partial charge in [0.1, 0.15) is 0 Å². The molecule has 0 aliphatic heterocycles. The number of halogens is 1. The van der Waals surface area contributed by atoms with Crippen molar-refractivity contribution in [2.24, 2.45) is 0 Å². The molecule has 1 unspecified atom stereocenters. The molecule has 4 nitrogen and oxygen atoms in total. The molecule has 28 heavy (non-hydrogen) atoms. The lowest BCUT2D eigenvalue weighted by Gasteiger charge is -2.29. The van der Waals surface area contributed by atoms with Gasteiger partial charge in [-0.15, -0.1) is 0 Å². The molecule has 1 atom stereocenters. The molecule has 0 spiro atoms. The maximum Gasteiger partial charge on any atom is 0.337 e. The summed E-state index contributed by atoms with van der Waals surface area (Å²) in [4.78, 5) is 12.2. The van der Waals surface area contributed by atoms with Crippen LogP contribution < -0.4 is 0 Å². The highest BCUT2D eigenvalue weighted by atomic mass is 35.5. The molecule has 0 aliphatic carbocycles. The lowest BCUT2D eigenvalue weighted by atomic mass is 9.87. The largest absolute Gasteiger partial charge is 0.479 e. The smallest absolute Gasteiger partial charge is 0.337 e. The molecule has 146 valence electrons. The summed E-state index contributed by atoms with van der Waals surface area (Å²) >= 11 is 6.06. The highest BCUT2D eigenvalue weighted by Gasteiger charge is 2.32. The topological polar surface area (TPSA) is 66.8 Å². The maximum absolute atomic E-state index is 12.2. The SMILES string of the molecule is CC(C)(C)OC(C(=O)O)c1c(CO)cc2ccccc2c1-c1ccc(Cl)cc1. The van der Waals surface area contributed by atoms with Crippen LogP contribution in [0.1, 0.15) is 38.0 Å². The minimum absolute atomic E-state index is 0.294. The van der Waals surface area contributed by atoms with E-state index in [2.05, 4.69) is 0 Å². The molecular formula is C23H23ClO4. The first kappa shape index (κ1) is 20.3. The van der Waals surface area contributed by atoms with Gasteiger partial charge in [-0.25, -0.2) is 4.79 Å². The third-order valence-corrected chi connectivity index (χ3v) is 4.69. The van der Waals surface area contributed by atoms with E-state index in [9.17, 15) is 15.0 Å². The van der Waals surface area contributed by atoms with Crippen molar-refractivity contribution in [1.82, 2.24) is 0 Å². The van der Waals surface area contributed by atoms with E-state index in [0.717, 1.165) is 21.9 Å². The zero-order valence-corrected chi connectivity index (χ0v) is 16.8. The van der Waals surface area contributed by atoms with E-state index < -0.39 is 17.7 Å². The van der Waals surface area contributed by atoms with E-state index in [1.54, 1.807) is 12.1 Å². The quantitative estimate of drug-likeness (QED) is 0.587. The number of fused-ring (bicyclic) bond motifs is 1. The minimum atomic E-state index is -1.22. The van der Waals surface area contributed by atoms with Crippen LogP contribution in [0.5, 0.6) is 0 Å². The fraction of sp³-hybridized carbons (Fsp3) is 0.261. The summed E-state index contributed by atoms with van der Waals surface area (Å²) in [6.07, 6.45) is -1.22. The third kappa shape index (κ3) is 4.20. The van der Waals surface area contributed by atoms with Crippen molar-refractivity contribution >= 4 is 28.3 Å². The van der Waals surface area contributed by atoms with E-state index >= 15 is 0 Å². The summed E-state index contributed by atoms with van der Waals surface area (Å²) < 4.78 is 5.93. The fourth-order valence-electron chi connectivity index (χ4n) is 3.37. The Hall–Kier alpha value is -2.40. The molecule has 0 saturated heterocycles. The Kier molecular flexibility index (Phi) is 5.75. The number of rotatable bonds is 5. The van der Waals surface area contributed by atoms with Crippen LogP contribution >= 0.6 is 11.6 Å². The number of aliphatic hydroxyl groups is 1. The molecule has 3 aromatic carbocycles. The van der Waals surface area contributed by atoms with E-state index in [4.69, 9.17) is 16.3 Å².